The highest BCUT2D eigenvalue weighted by Gasteiger charge is 2.12. The largest absolute Gasteiger partial charge is 0.393 e. The maximum absolute atomic E-state index is 9.53. The van der Waals surface area contributed by atoms with E-state index in [9.17, 15) is 5.11 Å². The van der Waals surface area contributed by atoms with Crippen LogP contribution in [0.4, 0.5) is 0 Å². The first-order valence-corrected chi connectivity index (χ1v) is 4.40. The van der Waals surface area contributed by atoms with Crippen molar-refractivity contribution in [3.63, 3.8) is 0 Å². The first kappa shape index (κ1) is 10.7. The molecule has 0 amide bonds. The van der Waals surface area contributed by atoms with Crippen LogP contribution in [0.5, 0.6) is 0 Å². The van der Waals surface area contributed by atoms with Crippen molar-refractivity contribution in [3.05, 3.63) is 12.2 Å². The first-order chi connectivity index (χ1) is 5.07. The second-order valence-electron chi connectivity index (χ2n) is 3.49. The van der Waals surface area contributed by atoms with E-state index in [-0.39, 0.29) is 6.10 Å². The predicted molar refractivity (Wildman–Crippen MR) is 49.5 cm³/mol. The van der Waals surface area contributed by atoms with Crippen LogP contribution in [-0.2, 0) is 0 Å². The highest BCUT2D eigenvalue weighted by Crippen LogP contribution is 2.16. The topological polar surface area (TPSA) is 20.2 Å². The summed E-state index contributed by atoms with van der Waals surface area (Å²) in [4.78, 5) is 0. The number of rotatable bonds is 5. The molecule has 0 aliphatic heterocycles. The van der Waals surface area contributed by atoms with Crippen LogP contribution < -0.4 is 0 Å². The molecule has 0 radical (unpaired) electrons. The van der Waals surface area contributed by atoms with Crippen molar-refractivity contribution in [2.24, 2.45) is 5.92 Å². The molecular weight excluding hydrogens is 136 g/mol. The molecule has 0 heterocycles. The van der Waals surface area contributed by atoms with Gasteiger partial charge in [-0.25, -0.2) is 0 Å². The number of aliphatic hydroxyl groups excluding tert-OH is 1. The third-order valence-corrected chi connectivity index (χ3v) is 1.91. The summed E-state index contributed by atoms with van der Waals surface area (Å²) >= 11 is 0. The summed E-state index contributed by atoms with van der Waals surface area (Å²) in [5.41, 5.74) is 1.16. The summed E-state index contributed by atoms with van der Waals surface area (Å²) < 4.78 is 0. The SMILES string of the molecule is C=C(C)CC(C)C(O)CCC. The van der Waals surface area contributed by atoms with Gasteiger partial charge in [-0.3, -0.25) is 0 Å². The van der Waals surface area contributed by atoms with E-state index in [4.69, 9.17) is 0 Å². The summed E-state index contributed by atoms with van der Waals surface area (Å²) in [5, 5.41) is 9.53. The van der Waals surface area contributed by atoms with Crippen molar-refractivity contribution in [1.82, 2.24) is 0 Å². The number of allylic oxidation sites excluding steroid dienone is 1. The van der Waals surface area contributed by atoms with Crippen molar-refractivity contribution in [3.8, 4) is 0 Å². The predicted octanol–water partition coefficient (Wildman–Crippen LogP) is 2.75. The minimum Gasteiger partial charge on any atom is -0.393 e. The fraction of sp³-hybridized carbons (Fsp3) is 0.800. The molecule has 0 saturated heterocycles. The van der Waals surface area contributed by atoms with E-state index >= 15 is 0 Å². The van der Waals surface area contributed by atoms with Gasteiger partial charge in [0.2, 0.25) is 0 Å². The zero-order valence-electron chi connectivity index (χ0n) is 7.93. The average molecular weight is 156 g/mol. The average Bonchev–Trinajstić information content (AvgIpc) is 1.86. The molecule has 66 valence electrons. The molecule has 0 rings (SSSR count). The quantitative estimate of drug-likeness (QED) is 0.607. The van der Waals surface area contributed by atoms with E-state index in [0.29, 0.717) is 5.92 Å². The van der Waals surface area contributed by atoms with E-state index in [1.807, 2.05) is 6.92 Å². The smallest absolute Gasteiger partial charge is 0.0568 e. The van der Waals surface area contributed by atoms with Gasteiger partial charge in [-0.2, -0.15) is 0 Å². The first-order valence-electron chi connectivity index (χ1n) is 4.40. The molecule has 0 spiro atoms. The summed E-state index contributed by atoms with van der Waals surface area (Å²) in [6.45, 7) is 10.0. The Bertz CT molecular complexity index is 118. The zero-order chi connectivity index (χ0) is 8.85. The van der Waals surface area contributed by atoms with Gasteiger partial charge < -0.3 is 5.11 Å². The molecule has 1 N–H and O–H groups in total. The van der Waals surface area contributed by atoms with Crippen molar-refractivity contribution in [2.75, 3.05) is 0 Å². The van der Waals surface area contributed by atoms with Crippen LogP contribution in [0.15, 0.2) is 12.2 Å². The lowest BCUT2D eigenvalue weighted by molar-refractivity contribution is 0.107. The summed E-state index contributed by atoms with van der Waals surface area (Å²) in [6.07, 6.45) is 2.77. The van der Waals surface area contributed by atoms with Gasteiger partial charge in [-0.05, 0) is 25.7 Å². The lowest BCUT2D eigenvalue weighted by atomic mass is 9.94. The second kappa shape index (κ2) is 5.36. The summed E-state index contributed by atoms with van der Waals surface area (Å²) in [7, 11) is 0. The Morgan fingerprint density at radius 1 is 1.55 bits per heavy atom. The van der Waals surface area contributed by atoms with Gasteiger partial charge in [0.05, 0.1) is 6.10 Å². The molecule has 11 heavy (non-hydrogen) atoms. The molecule has 1 nitrogen and oxygen atoms in total. The third-order valence-electron chi connectivity index (χ3n) is 1.91. The van der Waals surface area contributed by atoms with E-state index < -0.39 is 0 Å². The molecule has 0 fully saturated rings. The van der Waals surface area contributed by atoms with Crippen LogP contribution in [0.25, 0.3) is 0 Å². The van der Waals surface area contributed by atoms with E-state index in [2.05, 4.69) is 20.4 Å². The lowest BCUT2D eigenvalue weighted by Crippen LogP contribution is -2.17. The van der Waals surface area contributed by atoms with Crippen molar-refractivity contribution in [1.29, 1.82) is 0 Å². The van der Waals surface area contributed by atoms with Crippen LogP contribution in [0.3, 0.4) is 0 Å². The van der Waals surface area contributed by atoms with Crippen molar-refractivity contribution in [2.45, 2.75) is 46.1 Å². The molecule has 0 aromatic heterocycles. The molecule has 0 aliphatic rings. The molecular formula is C10H20O. The van der Waals surface area contributed by atoms with E-state index in [1.165, 1.54) is 0 Å². The Balaban J connectivity index is 3.63. The molecule has 0 bridgehead atoms. The standard InChI is InChI=1S/C10H20O/c1-5-6-10(11)9(4)7-8(2)3/h9-11H,2,5-7H2,1,3-4H3. The zero-order valence-corrected chi connectivity index (χ0v) is 7.93. The normalized spacial score (nSPS) is 16.0. The number of hydrogen-bond acceptors (Lipinski definition) is 1. The van der Waals surface area contributed by atoms with E-state index in [0.717, 1.165) is 24.8 Å². The van der Waals surface area contributed by atoms with Crippen molar-refractivity contribution < 1.29 is 5.11 Å². The third kappa shape index (κ3) is 5.02. The Labute approximate surface area is 70.1 Å². The molecule has 0 saturated carbocycles. The van der Waals surface area contributed by atoms with Crippen LogP contribution in [0.2, 0.25) is 0 Å². The molecule has 2 unspecified atom stereocenters. The summed E-state index contributed by atoms with van der Waals surface area (Å²) in [5.74, 6) is 0.368. The highest BCUT2D eigenvalue weighted by molar-refractivity contribution is 4.90. The maximum Gasteiger partial charge on any atom is 0.0568 e. The van der Waals surface area contributed by atoms with Gasteiger partial charge in [0.25, 0.3) is 0 Å². The second-order valence-corrected chi connectivity index (χ2v) is 3.49. The van der Waals surface area contributed by atoms with Gasteiger partial charge in [0.1, 0.15) is 0 Å². The number of aliphatic hydroxyl groups is 1. The minimum atomic E-state index is -0.142. The van der Waals surface area contributed by atoms with Crippen LogP contribution in [0.1, 0.15) is 40.0 Å². The fourth-order valence-corrected chi connectivity index (χ4v) is 1.27. The van der Waals surface area contributed by atoms with Gasteiger partial charge in [-0.15, -0.1) is 6.58 Å². The van der Waals surface area contributed by atoms with Crippen LogP contribution in [0, 0.1) is 5.92 Å². The van der Waals surface area contributed by atoms with Gasteiger partial charge in [-0.1, -0.05) is 25.8 Å². The maximum atomic E-state index is 9.53. The molecule has 0 aliphatic carbocycles. The van der Waals surface area contributed by atoms with E-state index in [1.54, 1.807) is 0 Å². The Morgan fingerprint density at radius 2 is 2.09 bits per heavy atom. The molecule has 1 heteroatoms. The number of hydrogen-bond donors (Lipinski definition) is 1. The van der Waals surface area contributed by atoms with Gasteiger partial charge >= 0.3 is 0 Å². The van der Waals surface area contributed by atoms with Crippen LogP contribution >= 0.6 is 0 Å². The highest BCUT2D eigenvalue weighted by atomic mass is 16.3. The Hall–Kier alpha value is -0.300. The van der Waals surface area contributed by atoms with Crippen LogP contribution in [-0.4, -0.2) is 11.2 Å². The molecule has 0 aromatic rings. The minimum absolute atomic E-state index is 0.142. The van der Waals surface area contributed by atoms with Gasteiger partial charge in [0.15, 0.2) is 0 Å². The van der Waals surface area contributed by atoms with Crippen molar-refractivity contribution >= 4 is 0 Å². The molecule has 2 atom stereocenters. The Kier molecular flexibility index (Phi) is 5.22. The summed E-state index contributed by atoms with van der Waals surface area (Å²) in [6, 6.07) is 0. The van der Waals surface area contributed by atoms with Gasteiger partial charge in [0, 0.05) is 0 Å². The monoisotopic (exact) mass is 156 g/mol. The molecule has 0 aromatic carbocycles. The fourth-order valence-electron chi connectivity index (χ4n) is 1.27. The lowest BCUT2D eigenvalue weighted by Gasteiger charge is -2.17. The Morgan fingerprint density at radius 3 is 2.45 bits per heavy atom.